The number of methoxy groups -OCH3 is 1. The molecule has 4 rings (SSSR count). The number of carbonyl (C=O) groups is 2. The van der Waals surface area contributed by atoms with Gasteiger partial charge >= 0.3 is 0 Å². The Kier molecular flexibility index (Phi) is 11.4. The number of nitrogens with one attached hydrogen (secondary N) is 1. The van der Waals surface area contributed by atoms with Crippen LogP contribution in [0.25, 0.3) is 0 Å². The number of ether oxygens (including phenoxy) is 1. The van der Waals surface area contributed by atoms with E-state index in [1.807, 2.05) is 51.1 Å². The highest BCUT2D eigenvalue weighted by Crippen LogP contribution is 2.28. The van der Waals surface area contributed by atoms with Crippen LogP contribution in [0.2, 0.25) is 10.0 Å². The molecule has 0 aliphatic carbocycles. The van der Waals surface area contributed by atoms with Crippen LogP contribution in [0.3, 0.4) is 0 Å². The molecule has 0 spiro atoms. The Morgan fingerprint density at radius 1 is 0.826 bits per heavy atom. The molecule has 4 aromatic rings. The van der Waals surface area contributed by atoms with E-state index in [4.69, 9.17) is 27.9 Å². The molecule has 0 bridgehead atoms. The topological polar surface area (TPSA) is 96.0 Å². The van der Waals surface area contributed by atoms with E-state index in [2.05, 4.69) is 5.32 Å². The molecule has 46 heavy (non-hydrogen) atoms. The molecular weight excluding hydrogens is 645 g/mol. The van der Waals surface area contributed by atoms with Gasteiger partial charge in [0.1, 0.15) is 18.3 Å². The van der Waals surface area contributed by atoms with E-state index < -0.39 is 34.1 Å². The van der Waals surface area contributed by atoms with Gasteiger partial charge in [0.15, 0.2) is 0 Å². The largest absolute Gasteiger partial charge is 0.497 e. The molecule has 242 valence electrons. The van der Waals surface area contributed by atoms with E-state index in [1.54, 1.807) is 60.7 Å². The van der Waals surface area contributed by atoms with Gasteiger partial charge in [-0.25, -0.2) is 8.42 Å². The highest BCUT2D eigenvalue weighted by atomic mass is 35.5. The van der Waals surface area contributed by atoms with Gasteiger partial charge in [-0.1, -0.05) is 77.8 Å². The SMILES string of the molecule is COc1ccc(N(CC(=O)N(Cc2ccc(Cl)c(Cl)c2)[C@H](Cc2ccccc2)C(=O)NC(C)(C)C)S(=O)(=O)c2ccccc2)cc1. The Labute approximate surface area is 280 Å². The number of nitrogens with zero attached hydrogens (tertiary/aromatic N) is 2. The number of sulfonamides is 1. The maximum Gasteiger partial charge on any atom is 0.264 e. The number of amides is 2. The zero-order valence-electron chi connectivity index (χ0n) is 26.1. The van der Waals surface area contributed by atoms with Crippen LogP contribution in [0.15, 0.2) is 108 Å². The van der Waals surface area contributed by atoms with E-state index in [9.17, 15) is 18.0 Å². The molecule has 4 aromatic carbocycles. The predicted molar refractivity (Wildman–Crippen MR) is 183 cm³/mol. The van der Waals surface area contributed by atoms with Crippen molar-refractivity contribution in [3.63, 3.8) is 0 Å². The molecule has 0 heterocycles. The van der Waals surface area contributed by atoms with Crippen molar-refractivity contribution >= 4 is 50.7 Å². The van der Waals surface area contributed by atoms with Gasteiger partial charge < -0.3 is 15.0 Å². The fourth-order valence-electron chi connectivity index (χ4n) is 4.84. The average molecular weight is 683 g/mol. The van der Waals surface area contributed by atoms with Crippen LogP contribution in [0.4, 0.5) is 5.69 Å². The fourth-order valence-corrected chi connectivity index (χ4v) is 6.59. The molecule has 1 atom stereocenters. The first-order valence-corrected chi connectivity index (χ1v) is 16.8. The van der Waals surface area contributed by atoms with Gasteiger partial charge in [0, 0.05) is 18.5 Å². The smallest absolute Gasteiger partial charge is 0.264 e. The van der Waals surface area contributed by atoms with Gasteiger partial charge in [-0.05, 0) is 80.4 Å². The molecule has 1 N–H and O–H groups in total. The van der Waals surface area contributed by atoms with Crippen LogP contribution in [-0.2, 0) is 32.6 Å². The maximum absolute atomic E-state index is 14.5. The van der Waals surface area contributed by atoms with E-state index in [-0.39, 0.29) is 34.5 Å². The molecule has 0 radical (unpaired) electrons. The van der Waals surface area contributed by atoms with Gasteiger partial charge in [0.2, 0.25) is 11.8 Å². The summed E-state index contributed by atoms with van der Waals surface area (Å²) in [6.07, 6.45) is 0.184. The monoisotopic (exact) mass is 681 g/mol. The third-order valence-electron chi connectivity index (χ3n) is 7.08. The van der Waals surface area contributed by atoms with Gasteiger partial charge in [-0.15, -0.1) is 0 Å². The number of rotatable bonds is 12. The highest BCUT2D eigenvalue weighted by molar-refractivity contribution is 7.92. The minimum absolute atomic E-state index is 0.0148. The third kappa shape index (κ3) is 9.02. The Balaban J connectivity index is 1.83. The first-order chi connectivity index (χ1) is 21.8. The van der Waals surface area contributed by atoms with E-state index in [1.165, 1.54) is 24.1 Å². The second-order valence-electron chi connectivity index (χ2n) is 11.7. The summed E-state index contributed by atoms with van der Waals surface area (Å²) in [5, 5.41) is 3.64. The van der Waals surface area contributed by atoms with Crippen molar-refractivity contribution in [1.29, 1.82) is 0 Å². The molecule has 0 fully saturated rings. The number of carbonyl (C=O) groups excluding carboxylic acids is 2. The summed E-state index contributed by atoms with van der Waals surface area (Å²) in [4.78, 5) is 29.9. The minimum Gasteiger partial charge on any atom is -0.497 e. The second kappa shape index (κ2) is 15.0. The standard InChI is InChI=1S/C35H37Cl2N3O5S/c1-35(2,3)38-34(42)32(22-25-11-7-5-8-12-25)39(23-26-15-20-30(36)31(37)21-26)33(41)24-40(27-16-18-28(45-4)19-17-27)46(43,44)29-13-9-6-10-14-29/h5-21,32H,22-24H2,1-4H3,(H,38,42)/t32-/m1/s1. The summed E-state index contributed by atoms with van der Waals surface area (Å²) in [7, 11) is -2.71. The number of anilines is 1. The predicted octanol–water partition coefficient (Wildman–Crippen LogP) is 6.75. The van der Waals surface area contributed by atoms with E-state index in [0.29, 0.717) is 16.3 Å². The van der Waals surface area contributed by atoms with Crippen molar-refractivity contribution in [3.8, 4) is 5.75 Å². The fraction of sp³-hybridized carbons (Fsp3) is 0.257. The summed E-state index contributed by atoms with van der Waals surface area (Å²) < 4.78 is 34.5. The van der Waals surface area contributed by atoms with Crippen LogP contribution < -0.4 is 14.4 Å². The van der Waals surface area contributed by atoms with Crippen molar-refractivity contribution in [2.45, 2.75) is 50.2 Å². The van der Waals surface area contributed by atoms with Crippen LogP contribution in [0, 0.1) is 0 Å². The van der Waals surface area contributed by atoms with Crippen LogP contribution in [0.5, 0.6) is 5.75 Å². The lowest BCUT2D eigenvalue weighted by molar-refractivity contribution is -0.140. The summed E-state index contributed by atoms with van der Waals surface area (Å²) in [5.41, 5.74) is 1.10. The molecule has 0 aliphatic rings. The average Bonchev–Trinajstić information content (AvgIpc) is 3.03. The summed E-state index contributed by atoms with van der Waals surface area (Å²) in [6.45, 7) is 4.94. The van der Waals surface area contributed by atoms with Gasteiger partial charge in [-0.2, -0.15) is 0 Å². The summed E-state index contributed by atoms with van der Waals surface area (Å²) in [6, 6.07) is 27.6. The van der Waals surface area contributed by atoms with Crippen molar-refractivity contribution in [3.05, 3.63) is 124 Å². The third-order valence-corrected chi connectivity index (χ3v) is 9.60. The Morgan fingerprint density at radius 3 is 2.00 bits per heavy atom. The molecule has 2 amide bonds. The van der Waals surface area contributed by atoms with Crippen LogP contribution in [0.1, 0.15) is 31.9 Å². The number of hydrogen-bond donors (Lipinski definition) is 1. The zero-order valence-corrected chi connectivity index (χ0v) is 28.4. The first kappa shape index (κ1) is 34.8. The summed E-state index contributed by atoms with van der Waals surface area (Å²) >= 11 is 12.5. The van der Waals surface area contributed by atoms with Gasteiger partial charge in [-0.3, -0.25) is 13.9 Å². The first-order valence-electron chi connectivity index (χ1n) is 14.6. The minimum atomic E-state index is -4.22. The molecule has 0 aliphatic heterocycles. The highest BCUT2D eigenvalue weighted by Gasteiger charge is 2.35. The normalized spacial score (nSPS) is 12.2. The Hall–Kier alpha value is -4.05. The van der Waals surface area contributed by atoms with Crippen molar-refractivity contribution in [2.75, 3.05) is 18.0 Å². The van der Waals surface area contributed by atoms with Gasteiger partial charge in [0.25, 0.3) is 10.0 Å². The molecule has 11 heteroatoms. The maximum atomic E-state index is 14.5. The van der Waals surface area contributed by atoms with E-state index in [0.717, 1.165) is 9.87 Å². The van der Waals surface area contributed by atoms with Gasteiger partial charge in [0.05, 0.1) is 27.7 Å². The number of benzene rings is 4. The lowest BCUT2D eigenvalue weighted by Gasteiger charge is -2.35. The van der Waals surface area contributed by atoms with Crippen LogP contribution >= 0.6 is 23.2 Å². The second-order valence-corrected chi connectivity index (χ2v) is 14.4. The zero-order chi connectivity index (χ0) is 33.5. The van der Waals surface area contributed by atoms with Crippen LogP contribution in [-0.4, -0.2) is 50.4 Å². The van der Waals surface area contributed by atoms with Crippen molar-refractivity contribution in [1.82, 2.24) is 10.2 Å². The lowest BCUT2D eigenvalue weighted by atomic mass is 10.0. The lowest BCUT2D eigenvalue weighted by Crippen LogP contribution is -2.56. The molecule has 8 nitrogen and oxygen atoms in total. The Morgan fingerprint density at radius 2 is 1.43 bits per heavy atom. The molecule has 0 saturated heterocycles. The number of hydrogen-bond acceptors (Lipinski definition) is 5. The molecular formula is C35H37Cl2N3O5S. The van der Waals surface area contributed by atoms with Crippen molar-refractivity contribution < 1.29 is 22.7 Å². The molecule has 0 unspecified atom stereocenters. The molecule has 0 aromatic heterocycles. The van der Waals surface area contributed by atoms with E-state index >= 15 is 0 Å². The van der Waals surface area contributed by atoms with Crippen molar-refractivity contribution in [2.24, 2.45) is 0 Å². The molecule has 0 saturated carbocycles. The number of halogens is 2. The quantitative estimate of drug-likeness (QED) is 0.178. The summed E-state index contributed by atoms with van der Waals surface area (Å²) in [5.74, 6) is -0.451. The Bertz CT molecular complexity index is 1750.